The summed E-state index contributed by atoms with van der Waals surface area (Å²) in [5.41, 5.74) is 6.42. The normalized spacial score (nSPS) is 11.7. The zero-order valence-electron chi connectivity index (χ0n) is 24.4. The van der Waals surface area contributed by atoms with E-state index in [1.54, 1.807) is 34.8 Å². The number of thiophene rings is 2. The Bertz CT molecular complexity index is 2620. The van der Waals surface area contributed by atoms with Gasteiger partial charge in [0.1, 0.15) is 11.6 Å². The van der Waals surface area contributed by atoms with Crippen molar-refractivity contribution in [2.75, 3.05) is 0 Å². The minimum Gasteiger partial charge on any atom is -0.207 e. The zero-order chi connectivity index (χ0) is 30.8. The van der Waals surface area contributed by atoms with Crippen LogP contribution < -0.4 is 0 Å². The van der Waals surface area contributed by atoms with Gasteiger partial charge in [-0.1, -0.05) is 91.0 Å². The molecule has 0 aliphatic heterocycles. The SMILES string of the molecule is Fc1cc(-c2ccc3c(c2)sc2ccccc23)cc(-c2ccc(-c3cccc(-c4ccc5c(c4)sc4ccccc45)c3)cc2F)c1. The monoisotopic (exact) mass is 630 g/mol. The van der Waals surface area contributed by atoms with Crippen molar-refractivity contribution < 1.29 is 8.78 Å². The van der Waals surface area contributed by atoms with Gasteiger partial charge in [0, 0.05) is 45.9 Å². The van der Waals surface area contributed by atoms with Crippen LogP contribution >= 0.6 is 22.7 Å². The van der Waals surface area contributed by atoms with Crippen molar-refractivity contribution in [2.45, 2.75) is 0 Å². The summed E-state index contributed by atoms with van der Waals surface area (Å²) in [4.78, 5) is 0. The molecule has 0 aliphatic rings. The quantitative estimate of drug-likeness (QED) is 0.181. The van der Waals surface area contributed by atoms with Crippen LogP contribution in [0.15, 0.2) is 146 Å². The van der Waals surface area contributed by atoms with Crippen molar-refractivity contribution in [1.29, 1.82) is 0 Å². The Morgan fingerprint density at radius 2 is 0.804 bits per heavy atom. The topological polar surface area (TPSA) is 0 Å². The molecule has 0 atom stereocenters. The second-order valence-electron chi connectivity index (χ2n) is 11.6. The first-order valence-electron chi connectivity index (χ1n) is 15.1. The van der Waals surface area contributed by atoms with Crippen LogP contribution in [0.5, 0.6) is 0 Å². The molecule has 0 bridgehead atoms. The van der Waals surface area contributed by atoms with Gasteiger partial charge in [-0.3, -0.25) is 0 Å². The summed E-state index contributed by atoms with van der Waals surface area (Å²) < 4.78 is 35.7. The highest BCUT2D eigenvalue weighted by atomic mass is 32.1. The first-order valence-corrected chi connectivity index (χ1v) is 16.7. The van der Waals surface area contributed by atoms with Crippen LogP contribution in [0.3, 0.4) is 0 Å². The summed E-state index contributed by atoms with van der Waals surface area (Å²) in [6.07, 6.45) is 0. The Labute approximate surface area is 272 Å². The molecule has 0 nitrogen and oxygen atoms in total. The van der Waals surface area contributed by atoms with Gasteiger partial charge in [-0.2, -0.15) is 0 Å². The Kier molecular flexibility index (Phi) is 6.34. The van der Waals surface area contributed by atoms with E-state index in [-0.39, 0.29) is 5.82 Å². The lowest BCUT2D eigenvalue weighted by Gasteiger charge is -2.11. The summed E-state index contributed by atoms with van der Waals surface area (Å²) in [5.74, 6) is -0.776. The second kappa shape index (κ2) is 10.7. The minimum atomic E-state index is -0.393. The van der Waals surface area contributed by atoms with Gasteiger partial charge in [0.2, 0.25) is 0 Å². The maximum absolute atomic E-state index is 15.8. The minimum absolute atomic E-state index is 0.374. The molecule has 9 aromatic rings. The number of hydrogen-bond donors (Lipinski definition) is 0. The summed E-state index contributed by atoms with van der Waals surface area (Å²) in [6, 6.07) is 47.9. The predicted octanol–water partition coefficient (Wildman–Crippen LogP) is 13.4. The highest BCUT2D eigenvalue weighted by Crippen LogP contribution is 2.39. The van der Waals surface area contributed by atoms with Gasteiger partial charge in [-0.05, 0) is 93.5 Å². The van der Waals surface area contributed by atoms with E-state index in [0.717, 1.165) is 38.1 Å². The molecule has 46 heavy (non-hydrogen) atoms. The van der Waals surface area contributed by atoms with E-state index in [9.17, 15) is 0 Å². The fourth-order valence-corrected chi connectivity index (χ4v) is 8.82. The number of fused-ring (bicyclic) bond motifs is 6. The Balaban J connectivity index is 1.05. The molecule has 9 rings (SSSR count). The van der Waals surface area contributed by atoms with Gasteiger partial charge in [-0.15, -0.1) is 22.7 Å². The summed E-state index contributed by atoms with van der Waals surface area (Å²) >= 11 is 3.52. The van der Waals surface area contributed by atoms with E-state index in [0.29, 0.717) is 11.1 Å². The van der Waals surface area contributed by atoms with E-state index < -0.39 is 5.82 Å². The third kappa shape index (κ3) is 4.61. The van der Waals surface area contributed by atoms with Crippen LogP contribution in [0.2, 0.25) is 0 Å². The first-order chi connectivity index (χ1) is 22.6. The van der Waals surface area contributed by atoms with Crippen LogP contribution in [-0.4, -0.2) is 0 Å². The molecule has 0 N–H and O–H groups in total. The predicted molar refractivity (Wildman–Crippen MR) is 194 cm³/mol. The molecule has 2 aromatic heterocycles. The van der Waals surface area contributed by atoms with Crippen molar-refractivity contribution in [2.24, 2.45) is 0 Å². The molecule has 0 spiro atoms. The average Bonchev–Trinajstić information content (AvgIpc) is 3.65. The first kappa shape index (κ1) is 27.2. The molecule has 0 unspecified atom stereocenters. The van der Waals surface area contributed by atoms with E-state index in [1.165, 1.54) is 47.8 Å². The van der Waals surface area contributed by atoms with Gasteiger partial charge in [-0.25, -0.2) is 8.78 Å². The van der Waals surface area contributed by atoms with Gasteiger partial charge in [0.05, 0.1) is 0 Å². The Hall–Kier alpha value is -5.16. The Morgan fingerprint density at radius 3 is 1.43 bits per heavy atom. The number of benzene rings is 7. The third-order valence-electron chi connectivity index (χ3n) is 8.80. The lowest BCUT2D eigenvalue weighted by atomic mass is 9.95. The molecule has 2 heterocycles. The molecular weight excluding hydrogens is 607 g/mol. The van der Waals surface area contributed by atoms with Crippen LogP contribution in [0, 0.1) is 11.6 Å². The lowest BCUT2D eigenvalue weighted by Crippen LogP contribution is -1.90. The van der Waals surface area contributed by atoms with Crippen LogP contribution in [-0.2, 0) is 0 Å². The van der Waals surface area contributed by atoms with Crippen molar-refractivity contribution >= 4 is 63.0 Å². The highest BCUT2D eigenvalue weighted by molar-refractivity contribution is 7.26. The molecule has 0 aliphatic carbocycles. The molecule has 0 fully saturated rings. The standard InChI is InChI=1S/C42H24F2S2/c43-32-20-30(29-14-17-37-35-9-2-4-11-40(35)46-42(37)24-29)19-31(21-32)33-15-12-27(22-38(33)44)25-6-5-7-26(18-25)28-13-16-36-34-8-1-3-10-39(34)45-41(36)23-28/h1-24H. The van der Waals surface area contributed by atoms with E-state index in [4.69, 9.17) is 0 Å². The smallest absolute Gasteiger partial charge is 0.131 e. The fraction of sp³-hybridized carbons (Fsp3) is 0. The molecule has 0 saturated carbocycles. The van der Waals surface area contributed by atoms with Crippen LogP contribution in [0.25, 0.3) is 84.9 Å². The molecule has 0 radical (unpaired) electrons. The van der Waals surface area contributed by atoms with Gasteiger partial charge >= 0.3 is 0 Å². The van der Waals surface area contributed by atoms with Crippen LogP contribution in [0.4, 0.5) is 8.78 Å². The highest BCUT2D eigenvalue weighted by Gasteiger charge is 2.13. The lowest BCUT2D eigenvalue weighted by molar-refractivity contribution is 0.625. The third-order valence-corrected chi connectivity index (χ3v) is 11.1. The summed E-state index contributed by atoms with van der Waals surface area (Å²) in [5, 5.41) is 4.95. The largest absolute Gasteiger partial charge is 0.207 e. The van der Waals surface area contributed by atoms with E-state index >= 15 is 8.78 Å². The molecule has 4 heteroatoms. The van der Waals surface area contributed by atoms with Crippen LogP contribution in [0.1, 0.15) is 0 Å². The van der Waals surface area contributed by atoms with Gasteiger partial charge in [0.25, 0.3) is 0 Å². The second-order valence-corrected chi connectivity index (χ2v) is 13.8. The molecular formula is C42H24F2S2. The molecule has 0 amide bonds. The van der Waals surface area contributed by atoms with Crippen molar-refractivity contribution in [3.05, 3.63) is 157 Å². The number of hydrogen-bond acceptors (Lipinski definition) is 2. The zero-order valence-corrected chi connectivity index (χ0v) is 26.1. The number of halogens is 2. The van der Waals surface area contributed by atoms with Gasteiger partial charge in [0.15, 0.2) is 0 Å². The van der Waals surface area contributed by atoms with Crippen molar-refractivity contribution in [1.82, 2.24) is 0 Å². The maximum Gasteiger partial charge on any atom is 0.131 e. The maximum atomic E-state index is 15.8. The summed E-state index contributed by atoms with van der Waals surface area (Å²) in [7, 11) is 0. The Morgan fingerprint density at radius 1 is 0.326 bits per heavy atom. The molecule has 218 valence electrons. The van der Waals surface area contributed by atoms with E-state index in [2.05, 4.69) is 78.9 Å². The van der Waals surface area contributed by atoms with E-state index in [1.807, 2.05) is 42.5 Å². The average molecular weight is 631 g/mol. The van der Waals surface area contributed by atoms with Crippen molar-refractivity contribution in [3.8, 4) is 44.5 Å². The fourth-order valence-electron chi connectivity index (χ4n) is 6.53. The molecule has 7 aromatic carbocycles. The number of rotatable bonds is 4. The van der Waals surface area contributed by atoms with Crippen molar-refractivity contribution in [3.63, 3.8) is 0 Å². The van der Waals surface area contributed by atoms with Gasteiger partial charge < -0.3 is 0 Å². The molecule has 0 saturated heterocycles. The summed E-state index contributed by atoms with van der Waals surface area (Å²) in [6.45, 7) is 0.